The molecule has 6 atom stereocenters. The van der Waals surface area contributed by atoms with Crippen LogP contribution < -0.4 is 15.3 Å². The Labute approximate surface area is 242 Å². The molecule has 0 aliphatic carbocycles. The molecular formula is C27H35N6O8P. The molecule has 1 aliphatic rings. The first-order chi connectivity index (χ1) is 20.1. The van der Waals surface area contributed by atoms with Crippen LogP contribution in [0.25, 0.3) is 5.52 Å². The van der Waals surface area contributed by atoms with Crippen molar-refractivity contribution in [1.82, 2.24) is 19.7 Å². The van der Waals surface area contributed by atoms with Gasteiger partial charge < -0.3 is 29.9 Å². The topological polar surface area (TPSA) is 204 Å². The Morgan fingerprint density at radius 2 is 1.93 bits per heavy atom. The minimum absolute atomic E-state index is 0.158. The molecule has 0 amide bonds. The highest BCUT2D eigenvalue weighted by Gasteiger charge is 2.57. The van der Waals surface area contributed by atoms with E-state index in [9.17, 15) is 24.8 Å². The number of carbonyl (C=O) groups excluding carboxylic acids is 1. The van der Waals surface area contributed by atoms with Gasteiger partial charge >= 0.3 is 13.7 Å². The van der Waals surface area contributed by atoms with Crippen LogP contribution in [0.1, 0.15) is 51.8 Å². The van der Waals surface area contributed by atoms with Gasteiger partial charge in [-0.1, -0.05) is 39.0 Å². The molecular weight excluding hydrogens is 567 g/mol. The molecule has 5 N–H and O–H groups in total. The van der Waals surface area contributed by atoms with Crippen molar-refractivity contribution in [3.8, 4) is 11.8 Å². The molecule has 0 bridgehead atoms. The Bertz CT molecular complexity index is 1460. The van der Waals surface area contributed by atoms with Gasteiger partial charge in [0.15, 0.2) is 5.82 Å². The van der Waals surface area contributed by atoms with Crippen molar-refractivity contribution in [3.05, 3.63) is 54.5 Å². The highest BCUT2D eigenvalue weighted by molar-refractivity contribution is 7.52. The first kappa shape index (κ1) is 31.4. The highest BCUT2D eigenvalue weighted by atomic mass is 31.2. The van der Waals surface area contributed by atoms with Crippen LogP contribution in [-0.4, -0.2) is 67.3 Å². The third-order valence-corrected chi connectivity index (χ3v) is 8.61. The van der Waals surface area contributed by atoms with Crippen LogP contribution in [-0.2, 0) is 23.4 Å². The van der Waals surface area contributed by atoms with Crippen LogP contribution in [0.4, 0.5) is 5.82 Å². The minimum atomic E-state index is -4.43. The van der Waals surface area contributed by atoms with Crippen LogP contribution in [0.15, 0.2) is 48.8 Å². The zero-order valence-corrected chi connectivity index (χ0v) is 24.4. The monoisotopic (exact) mass is 602 g/mol. The largest absolute Gasteiger partial charge is 0.461 e. The number of anilines is 1. The second-order valence-electron chi connectivity index (χ2n) is 9.82. The zero-order chi connectivity index (χ0) is 30.5. The summed E-state index contributed by atoms with van der Waals surface area (Å²) >= 11 is 0. The van der Waals surface area contributed by atoms with E-state index in [0.29, 0.717) is 24.1 Å². The van der Waals surface area contributed by atoms with Crippen molar-refractivity contribution in [2.45, 2.75) is 76.1 Å². The number of fused-ring (bicyclic) bond motifs is 1. The maximum absolute atomic E-state index is 14.1. The van der Waals surface area contributed by atoms with Crippen molar-refractivity contribution in [2.75, 3.05) is 12.3 Å². The van der Waals surface area contributed by atoms with E-state index in [1.165, 1.54) is 23.0 Å². The number of nitriles is 1. The van der Waals surface area contributed by atoms with Crippen molar-refractivity contribution >= 4 is 25.1 Å². The van der Waals surface area contributed by atoms with Crippen molar-refractivity contribution in [3.63, 3.8) is 0 Å². The SMILES string of the molecule is CCC(CC)OC(=O)[C@H](CC)NP(=O)(OC[C@@]1(C#N)O[C@@H](c2ccc3c(N)ncnn23)[C@H](O)[C@@H]1O)Oc1ccccc1. The van der Waals surface area contributed by atoms with E-state index in [1.54, 1.807) is 37.3 Å². The van der Waals surface area contributed by atoms with Gasteiger partial charge in [0.2, 0.25) is 5.60 Å². The number of esters is 1. The summed E-state index contributed by atoms with van der Waals surface area (Å²) in [6.07, 6.45) is -2.34. The fourth-order valence-corrected chi connectivity index (χ4v) is 6.18. The lowest BCUT2D eigenvalue weighted by molar-refractivity contribution is -0.151. The number of nitrogens with zero attached hydrogens (tertiary/aromatic N) is 4. The van der Waals surface area contributed by atoms with E-state index in [4.69, 9.17) is 24.3 Å². The number of hydrogen-bond donors (Lipinski definition) is 4. The van der Waals surface area contributed by atoms with E-state index in [0.717, 1.165) is 0 Å². The zero-order valence-electron chi connectivity index (χ0n) is 23.5. The van der Waals surface area contributed by atoms with E-state index in [2.05, 4.69) is 15.2 Å². The number of aliphatic hydroxyl groups is 2. The number of hydrogen-bond acceptors (Lipinski definition) is 12. The van der Waals surface area contributed by atoms with Crippen molar-refractivity contribution in [1.29, 1.82) is 5.26 Å². The van der Waals surface area contributed by atoms with Crippen LogP contribution in [0.5, 0.6) is 5.75 Å². The van der Waals surface area contributed by atoms with Crippen LogP contribution in [0.3, 0.4) is 0 Å². The second-order valence-corrected chi connectivity index (χ2v) is 11.5. The summed E-state index contributed by atoms with van der Waals surface area (Å²) in [5, 5.41) is 38.8. The lowest BCUT2D eigenvalue weighted by atomic mass is 9.96. The minimum Gasteiger partial charge on any atom is -0.461 e. The van der Waals surface area contributed by atoms with Crippen molar-refractivity contribution in [2.24, 2.45) is 0 Å². The second kappa shape index (κ2) is 13.2. The Morgan fingerprint density at radius 3 is 2.57 bits per heavy atom. The molecule has 15 heteroatoms. The normalized spacial score (nSPS) is 24.3. The van der Waals surface area contributed by atoms with Gasteiger partial charge in [-0.2, -0.15) is 15.4 Å². The van der Waals surface area contributed by atoms with E-state index in [1.807, 2.05) is 19.9 Å². The number of aromatic nitrogens is 3. The number of nitrogens with two attached hydrogens (primary N) is 1. The van der Waals surface area contributed by atoms with Gasteiger partial charge in [0.1, 0.15) is 60.7 Å². The first-order valence-corrected chi connectivity index (χ1v) is 15.1. The molecule has 42 heavy (non-hydrogen) atoms. The molecule has 1 saturated heterocycles. The molecule has 4 rings (SSSR count). The van der Waals surface area contributed by atoms with Crippen molar-refractivity contribution < 1.29 is 38.1 Å². The van der Waals surface area contributed by atoms with Gasteiger partial charge in [0, 0.05) is 0 Å². The summed E-state index contributed by atoms with van der Waals surface area (Å²) in [5.74, 6) is -0.307. The van der Waals surface area contributed by atoms with Crippen LogP contribution >= 0.6 is 7.75 Å². The van der Waals surface area contributed by atoms with Gasteiger partial charge in [-0.3, -0.25) is 9.32 Å². The van der Waals surface area contributed by atoms with Gasteiger partial charge in [-0.05, 0) is 43.5 Å². The molecule has 3 aromatic rings. The molecule has 0 saturated carbocycles. The summed E-state index contributed by atoms with van der Waals surface area (Å²) < 4.78 is 38.3. The molecule has 0 spiro atoms. The molecule has 226 valence electrons. The number of ether oxygens (including phenoxy) is 2. The standard InChI is InChI=1S/C27H35N6O8P/c1-4-17(5-2)39-26(36)19(6-3)32-42(37,41-18-10-8-7-9-11-18)38-15-27(14-28)24(35)22(34)23(40-27)20-12-13-21-25(29)30-16-31-33(20)21/h7-13,16-17,19,22-24,34-35H,4-6,15H2,1-3H3,(H,32,37)(H2,29,30,31)/t19-,22-,23-,24-,27+,42?/m0/s1. The molecule has 14 nitrogen and oxygen atoms in total. The third kappa shape index (κ3) is 6.42. The molecule has 1 aliphatic heterocycles. The van der Waals surface area contributed by atoms with Crippen LogP contribution in [0.2, 0.25) is 0 Å². The average molecular weight is 603 g/mol. The Morgan fingerprint density at radius 1 is 1.21 bits per heavy atom. The number of nitrogens with one attached hydrogen (secondary N) is 1. The Hall–Kier alpha value is -3.57. The molecule has 1 aromatic carbocycles. The molecule has 1 unspecified atom stereocenters. The smallest absolute Gasteiger partial charge is 0.459 e. The number of rotatable bonds is 13. The molecule has 1 fully saturated rings. The van der Waals surface area contributed by atoms with Gasteiger partial charge in [-0.25, -0.2) is 14.1 Å². The highest BCUT2D eigenvalue weighted by Crippen LogP contribution is 2.48. The van der Waals surface area contributed by atoms with E-state index < -0.39 is 50.3 Å². The predicted octanol–water partition coefficient (Wildman–Crippen LogP) is 2.67. The molecule has 2 aromatic heterocycles. The fraction of sp³-hybridized carbons (Fsp3) is 0.481. The van der Waals surface area contributed by atoms with Gasteiger partial charge in [-0.15, -0.1) is 0 Å². The average Bonchev–Trinajstić information content (AvgIpc) is 3.54. The summed E-state index contributed by atoms with van der Waals surface area (Å²) in [4.78, 5) is 16.8. The lowest BCUT2D eigenvalue weighted by Gasteiger charge is -2.29. The summed E-state index contributed by atoms with van der Waals surface area (Å²) in [6, 6.07) is 12.0. The summed E-state index contributed by atoms with van der Waals surface area (Å²) in [7, 11) is -4.43. The van der Waals surface area contributed by atoms with E-state index >= 15 is 0 Å². The summed E-state index contributed by atoms with van der Waals surface area (Å²) in [6.45, 7) is 4.67. The predicted molar refractivity (Wildman–Crippen MR) is 150 cm³/mol. The van der Waals surface area contributed by atoms with E-state index in [-0.39, 0.29) is 24.1 Å². The molecule has 3 heterocycles. The van der Waals surface area contributed by atoms with Crippen LogP contribution in [0, 0.1) is 11.3 Å². The lowest BCUT2D eigenvalue weighted by Crippen LogP contribution is -2.46. The fourth-order valence-electron chi connectivity index (χ4n) is 4.57. The van der Waals surface area contributed by atoms with Gasteiger partial charge in [0.05, 0.1) is 5.69 Å². The third-order valence-electron chi connectivity index (χ3n) is 7.06. The van der Waals surface area contributed by atoms with Gasteiger partial charge in [0.25, 0.3) is 0 Å². The first-order valence-electron chi connectivity index (χ1n) is 13.6. The maximum Gasteiger partial charge on any atom is 0.459 e. The number of nitrogen functional groups attached to an aromatic ring is 1. The quantitative estimate of drug-likeness (QED) is 0.164. The summed E-state index contributed by atoms with van der Waals surface area (Å²) in [5.41, 5.74) is 4.44. The number of benzene rings is 1. The number of carbonyl (C=O) groups is 1. The maximum atomic E-state index is 14.1. The molecule has 0 radical (unpaired) electrons. The number of aliphatic hydroxyl groups excluding tert-OH is 2. The number of para-hydroxylation sites is 1. The Balaban J connectivity index is 1.60. The Kier molecular flexibility index (Phi) is 9.83.